The van der Waals surface area contributed by atoms with Crippen LogP contribution in [0.25, 0.3) is 0 Å². The molecular weight excluding hydrogens is 598 g/mol. The van der Waals surface area contributed by atoms with E-state index in [-0.39, 0.29) is 49.4 Å². The molecule has 46 heavy (non-hydrogen) atoms. The van der Waals surface area contributed by atoms with Gasteiger partial charge in [-0.05, 0) is 68.0 Å². The SMILES string of the molecule is Cc1cnc(Nc2cc(C3CCN(c4ccc5c(c4)C(=O)N(C4CCC(=O)NC4=O)C5=O)CC3)cc(N3CCC(F)(F)C3)n2)cn1. The molecule has 1 aromatic carbocycles. The van der Waals surface area contributed by atoms with Crippen molar-refractivity contribution in [2.24, 2.45) is 0 Å². The van der Waals surface area contributed by atoms with Crippen molar-refractivity contribution in [3.63, 3.8) is 0 Å². The molecule has 6 heterocycles. The largest absolute Gasteiger partial charge is 0.371 e. The molecule has 1 unspecified atom stereocenters. The third kappa shape index (κ3) is 5.63. The van der Waals surface area contributed by atoms with Crippen LogP contribution in [0.2, 0.25) is 0 Å². The van der Waals surface area contributed by atoms with Crippen LogP contribution in [0.1, 0.15) is 70.0 Å². The van der Waals surface area contributed by atoms with Crippen LogP contribution in [0.3, 0.4) is 0 Å². The molecule has 4 aliphatic heterocycles. The van der Waals surface area contributed by atoms with Gasteiger partial charge in [0.05, 0.1) is 35.8 Å². The van der Waals surface area contributed by atoms with Crippen LogP contribution in [-0.4, -0.2) is 81.6 Å². The van der Waals surface area contributed by atoms with Gasteiger partial charge < -0.3 is 15.1 Å². The number of alkyl halides is 2. The van der Waals surface area contributed by atoms with E-state index in [4.69, 9.17) is 0 Å². The number of aromatic nitrogens is 3. The highest BCUT2D eigenvalue weighted by Crippen LogP contribution is 2.37. The van der Waals surface area contributed by atoms with Crippen molar-refractivity contribution in [3.8, 4) is 0 Å². The lowest BCUT2D eigenvalue weighted by Gasteiger charge is -2.34. The molecule has 0 spiro atoms. The maximum absolute atomic E-state index is 14.1. The molecule has 0 aliphatic carbocycles. The number of carbonyl (C=O) groups is 4. The van der Waals surface area contributed by atoms with Gasteiger partial charge in [0, 0.05) is 38.2 Å². The minimum Gasteiger partial charge on any atom is -0.371 e. The standard InChI is InChI=1S/C32H32F2N8O4/c1-18-15-36-26(16-35-18)37-25-12-20(13-27(38-25)41-11-8-32(33,34)17-41)19-6-9-40(10-7-19)21-2-3-22-23(14-21)31(46)42(30(22)45)24-4-5-28(43)39-29(24)44/h2-3,12-16,19,24H,4-11,17H2,1H3,(H,36,37,38)(H,39,43,44). The van der Waals surface area contributed by atoms with Crippen molar-refractivity contribution in [1.29, 1.82) is 0 Å². The summed E-state index contributed by atoms with van der Waals surface area (Å²) in [5, 5.41) is 5.39. The lowest BCUT2D eigenvalue weighted by molar-refractivity contribution is -0.136. The van der Waals surface area contributed by atoms with Crippen molar-refractivity contribution in [2.45, 2.75) is 56.9 Å². The lowest BCUT2D eigenvalue weighted by atomic mass is 9.89. The van der Waals surface area contributed by atoms with Gasteiger partial charge in [0.1, 0.15) is 23.5 Å². The predicted molar refractivity (Wildman–Crippen MR) is 163 cm³/mol. The van der Waals surface area contributed by atoms with Crippen molar-refractivity contribution in [1.82, 2.24) is 25.2 Å². The predicted octanol–water partition coefficient (Wildman–Crippen LogP) is 3.55. The van der Waals surface area contributed by atoms with E-state index in [0.29, 0.717) is 30.5 Å². The van der Waals surface area contributed by atoms with E-state index in [0.717, 1.165) is 34.7 Å². The van der Waals surface area contributed by atoms with Gasteiger partial charge >= 0.3 is 0 Å². The summed E-state index contributed by atoms with van der Waals surface area (Å²) in [7, 11) is 0. The topological polar surface area (TPSA) is 141 Å². The lowest BCUT2D eigenvalue weighted by Crippen LogP contribution is -2.54. The molecule has 0 saturated carbocycles. The zero-order valence-electron chi connectivity index (χ0n) is 25.1. The van der Waals surface area contributed by atoms with E-state index < -0.39 is 35.6 Å². The fourth-order valence-electron chi connectivity index (χ4n) is 6.64. The highest BCUT2D eigenvalue weighted by atomic mass is 19.3. The number of hydrogen-bond donors (Lipinski definition) is 2. The van der Waals surface area contributed by atoms with Gasteiger partial charge in [0.2, 0.25) is 11.8 Å². The molecule has 1 atom stereocenters. The van der Waals surface area contributed by atoms with E-state index in [9.17, 15) is 28.0 Å². The summed E-state index contributed by atoms with van der Waals surface area (Å²) in [4.78, 5) is 68.4. The first-order valence-corrected chi connectivity index (χ1v) is 15.4. The number of aryl methyl sites for hydroxylation is 1. The number of anilines is 4. The molecule has 3 saturated heterocycles. The molecule has 12 nitrogen and oxygen atoms in total. The van der Waals surface area contributed by atoms with Gasteiger partial charge in [0.25, 0.3) is 17.7 Å². The number of pyridine rings is 1. The number of nitrogens with one attached hydrogen (secondary N) is 2. The molecule has 3 fully saturated rings. The Morgan fingerprint density at radius 2 is 1.67 bits per heavy atom. The molecule has 238 valence electrons. The van der Waals surface area contributed by atoms with Gasteiger partial charge in [0.15, 0.2) is 0 Å². The summed E-state index contributed by atoms with van der Waals surface area (Å²) in [6, 6.07) is 7.94. The van der Waals surface area contributed by atoms with E-state index in [1.165, 1.54) is 0 Å². The van der Waals surface area contributed by atoms with Crippen molar-refractivity contribution < 1.29 is 28.0 Å². The number of fused-ring (bicyclic) bond motifs is 1. The minimum atomic E-state index is -2.76. The van der Waals surface area contributed by atoms with Crippen LogP contribution in [0.4, 0.5) is 31.9 Å². The van der Waals surface area contributed by atoms with Crippen LogP contribution in [-0.2, 0) is 9.59 Å². The summed E-state index contributed by atoms with van der Waals surface area (Å²) in [5.74, 6) is -3.28. The Kier molecular flexibility index (Phi) is 7.36. The number of carbonyl (C=O) groups excluding carboxylic acids is 4. The molecule has 0 bridgehead atoms. The Balaban J connectivity index is 1.08. The first-order valence-electron chi connectivity index (χ1n) is 15.4. The normalized spacial score (nSPS) is 21.5. The first kappa shape index (κ1) is 29.7. The summed E-state index contributed by atoms with van der Waals surface area (Å²) < 4.78 is 28.2. The number of imide groups is 2. The third-order valence-electron chi connectivity index (χ3n) is 9.12. The number of piperidine rings is 2. The second-order valence-corrected chi connectivity index (χ2v) is 12.3. The highest BCUT2D eigenvalue weighted by Gasteiger charge is 2.45. The molecule has 0 radical (unpaired) electrons. The average Bonchev–Trinajstić information content (AvgIpc) is 3.53. The molecular formula is C32H32F2N8O4. The number of halogens is 2. The van der Waals surface area contributed by atoms with E-state index in [1.807, 2.05) is 19.1 Å². The third-order valence-corrected chi connectivity index (χ3v) is 9.12. The van der Waals surface area contributed by atoms with Crippen LogP contribution >= 0.6 is 0 Å². The quantitative estimate of drug-likeness (QED) is 0.389. The number of rotatable bonds is 6. The zero-order valence-corrected chi connectivity index (χ0v) is 25.1. The van der Waals surface area contributed by atoms with Crippen LogP contribution < -0.4 is 20.4 Å². The Morgan fingerprint density at radius 1 is 0.891 bits per heavy atom. The second-order valence-electron chi connectivity index (χ2n) is 12.3. The highest BCUT2D eigenvalue weighted by molar-refractivity contribution is 6.23. The van der Waals surface area contributed by atoms with Crippen molar-refractivity contribution in [2.75, 3.05) is 41.3 Å². The number of benzene rings is 1. The van der Waals surface area contributed by atoms with E-state index in [2.05, 4.69) is 30.5 Å². The average molecular weight is 631 g/mol. The first-order chi connectivity index (χ1) is 22.0. The van der Waals surface area contributed by atoms with Gasteiger partial charge in [-0.25, -0.2) is 18.7 Å². The molecule has 2 N–H and O–H groups in total. The molecule has 14 heteroatoms. The Labute approximate surface area is 263 Å². The van der Waals surface area contributed by atoms with Gasteiger partial charge in [-0.3, -0.25) is 34.4 Å². The molecule has 2 aromatic heterocycles. The maximum Gasteiger partial charge on any atom is 0.266 e. The fraction of sp³-hybridized carbons (Fsp3) is 0.406. The molecule has 4 aliphatic rings. The Hall–Kier alpha value is -5.01. The summed E-state index contributed by atoms with van der Waals surface area (Å²) in [6.07, 6.45) is 4.70. The van der Waals surface area contributed by atoms with E-state index >= 15 is 0 Å². The van der Waals surface area contributed by atoms with Crippen LogP contribution in [0.15, 0.2) is 42.7 Å². The zero-order chi connectivity index (χ0) is 32.2. The fourth-order valence-corrected chi connectivity index (χ4v) is 6.64. The summed E-state index contributed by atoms with van der Waals surface area (Å²) >= 11 is 0. The maximum atomic E-state index is 14.1. The van der Waals surface area contributed by atoms with E-state index in [1.54, 1.807) is 35.5 Å². The van der Waals surface area contributed by atoms with Gasteiger partial charge in [-0.15, -0.1) is 0 Å². The Bertz CT molecular complexity index is 1740. The second kappa shape index (κ2) is 11.4. The summed E-state index contributed by atoms with van der Waals surface area (Å²) in [6.45, 7) is 2.99. The van der Waals surface area contributed by atoms with Crippen LogP contribution in [0.5, 0.6) is 0 Å². The monoisotopic (exact) mass is 630 g/mol. The van der Waals surface area contributed by atoms with Crippen molar-refractivity contribution >= 4 is 46.8 Å². The van der Waals surface area contributed by atoms with Crippen molar-refractivity contribution in [3.05, 3.63) is 65.1 Å². The Morgan fingerprint density at radius 3 is 2.37 bits per heavy atom. The molecule has 3 aromatic rings. The van der Waals surface area contributed by atoms with Crippen LogP contribution in [0, 0.1) is 6.92 Å². The number of hydrogen-bond acceptors (Lipinski definition) is 10. The number of amides is 4. The van der Waals surface area contributed by atoms with Gasteiger partial charge in [-0.1, -0.05) is 0 Å². The smallest absolute Gasteiger partial charge is 0.266 e. The van der Waals surface area contributed by atoms with Gasteiger partial charge in [-0.2, -0.15) is 0 Å². The number of nitrogens with zero attached hydrogens (tertiary/aromatic N) is 6. The minimum absolute atomic E-state index is 0.0606. The molecule has 7 rings (SSSR count). The summed E-state index contributed by atoms with van der Waals surface area (Å²) in [5.41, 5.74) is 3.02. The molecule has 4 amide bonds.